The maximum atomic E-state index is 12.8. The number of benzene rings is 2. The van der Waals surface area contributed by atoms with Crippen LogP contribution in [-0.4, -0.2) is 115 Å². The SMILES string of the molecule is COc1cccc(-c2cnc(-c3ccncc3)nc2C2CCN(CC(F)F)CC2)c1.COc1cccc(-c2cnc(-c3ccncc3)nc2C2CCNCC2)c1.O=S(=O)(OCC(F)F)C(F)(F)F. The minimum Gasteiger partial charge on any atom is -0.497 e. The predicted molar refractivity (Wildman–Crippen MR) is 241 cm³/mol. The number of nitrogens with one attached hydrogen (secondary N) is 1. The monoisotopic (exact) mass is 970 g/mol. The Kier molecular flexibility index (Phi) is 18.2. The second-order valence-corrected chi connectivity index (χ2v) is 17.1. The normalized spacial score (nSPS) is 15.0. The number of aromatic nitrogens is 6. The Morgan fingerprint density at radius 3 is 1.53 bits per heavy atom. The van der Waals surface area contributed by atoms with Crippen LogP contribution in [0.15, 0.2) is 110 Å². The van der Waals surface area contributed by atoms with Crippen LogP contribution in [0.4, 0.5) is 30.7 Å². The largest absolute Gasteiger partial charge is 0.523 e. The fourth-order valence-electron chi connectivity index (χ4n) is 7.61. The lowest BCUT2D eigenvalue weighted by Crippen LogP contribution is -2.36. The van der Waals surface area contributed by atoms with Gasteiger partial charge in [0.2, 0.25) is 0 Å². The van der Waals surface area contributed by atoms with E-state index in [1.807, 2.05) is 78.0 Å². The molecule has 0 amide bonds. The smallest absolute Gasteiger partial charge is 0.497 e. The van der Waals surface area contributed by atoms with Gasteiger partial charge in [-0.05, 0) is 112 Å². The molecule has 2 aromatic carbocycles. The molecule has 0 radical (unpaired) electrons. The van der Waals surface area contributed by atoms with E-state index < -0.39 is 35.1 Å². The van der Waals surface area contributed by atoms with E-state index in [0.29, 0.717) is 24.8 Å². The molecule has 8 rings (SSSR count). The van der Waals surface area contributed by atoms with Gasteiger partial charge in [0.25, 0.3) is 12.9 Å². The van der Waals surface area contributed by atoms with Gasteiger partial charge >= 0.3 is 15.6 Å². The summed E-state index contributed by atoms with van der Waals surface area (Å²) in [5.74, 6) is 3.63. The van der Waals surface area contributed by atoms with Crippen molar-refractivity contribution in [2.24, 2.45) is 0 Å². The van der Waals surface area contributed by atoms with Gasteiger partial charge in [-0.1, -0.05) is 24.3 Å². The first-order valence-electron chi connectivity index (χ1n) is 21.4. The molecule has 1 N–H and O–H groups in total. The topological polar surface area (TPSA) is 154 Å². The molecule has 0 unspecified atom stereocenters. The third-order valence-corrected chi connectivity index (χ3v) is 12.0. The van der Waals surface area contributed by atoms with Crippen LogP contribution in [0.1, 0.15) is 48.9 Å². The highest BCUT2D eigenvalue weighted by Gasteiger charge is 2.47. The molecule has 0 saturated carbocycles. The molecule has 13 nitrogen and oxygen atoms in total. The maximum Gasteiger partial charge on any atom is 0.523 e. The Balaban J connectivity index is 0.000000183. The van der Waals surface area contributed by atoms with Crippen LogP contribution < -0.4 is 14.8 Å². The van der Waals surface area contributed by atoms with Crippen molar-refractivity contribution in [1.82, 2.24) is 40.1 Å². The zero-order chi connectivity index (χ0) is 48.7. The highest BCUT2D eigenvalue weighted by molar-refractivity contribution is 7.87. The maximum absolute atomic E-state index is 12.8. The Morgan fingerprint density at radius 2 is 1.12 bits per heavy atom. The van der Waals surface area contributed by atoms with E-state index in [1.54, 1.807) is 39.0 Å². The quantitative estimate of drug-likeness (QED) is 0.0665. The van der Waals surface area contributed by atoms with Gasteiger partial charge in [-0.3, -0.25) is 19.1 Å². The lowest BCUT2D eigenvalue weighted by Gasteiger charge is -2.32. The fraction of sp³-hybridized carbons (Fsp3) is 0.362. The highest BCUT2D eigenvalue weighted by Crippen LogP contribution is 2.37. The number of piperidine rings is 2. The van der Waals surface area contributed by atoms with Crippen LogP contribution in [-0.2, 0) is 14.3 Å². The molecule has 2 saturated heterocycles. The number of methoxy groups -OCH3 is 2. The molecular weight excluding hydrogens is 922 g/mol. The standard InChI is InChI=1S/C23H24F2N4O.C21H22N4O.C3H3F5O3S/c1-30-19-4-2-3-18(13-19)20-14-27-23(17-5-9-26-10-6-17)28-22(20)16-7-11-29(12-8-16)15-21(24)25;1-26-18-4-2-3-17(13-18)19-14-24-21(16-7-11-23-12-8-16)25-20(19)15-5-9-22-10-6-15;4-2(5)1-11-12(9,10)3(6,7)8/h2-6,9-10,13-14,16,21H,7-8,11-12,15H2,1H3;2-4,7-8,11-15,22H,5-6,9-10H2,1H3;2H,1H2. The van der Waals surface area contributed by atoms with Crippen molar-refractivity contribution in [3.63, 3.8) is 0 Å². The number of alkyl halides is 7. The summed E-state index contributed by atoms with van der Waals surface area (Å²) >= 11 is 0. The van der Waals surface area contributed by atoms with E-state index in [9.17, 15) is 39.2 Å². The highest BCUT2D eigenvalue weighted by atomic mass is 32.2. The van der Waals surface area contributed by atoms with E-state index in [-0.39, 0.29) is 12.5 Å². The van der Waals surface area contributed by atoms with Crippen molar-refractivity contribution in [3.8, 4) is 56.5 Å². The first-order chi connectivity index (χ1) is 32.6. The van der Waals surface area contributed by atoms with Crippen molar-refractivity contribution >= 4 is 10.1 Å². The second kappa shape index (κ2) is 24.2. The average molecular weight is 971 g/mol. The van der Waals surface area contributed by atoms with Crippen LogP contribution in [0.25, 0.3) is 45.0 Å². The van der Waals surface area contributed by atoms with E-state index in [1.165, 1.54) is 0 Å². The predicted octanol–water partition coefficient (Wildman–Crippen LogP) is 9.46. The van der Waals surface area contributed by atoms with Gasteiger partial charge in [-0.2, -0.15) is 21.6 Å². The van der Waals surface area contributed by atoms with Gasteiger partial charge in [0.05, 0.1) is 32.2 Å². The minimum atomic E-state index is -5.87. The number of hydrogen-bond acceptors (Lipinski definition) is 13. The molecule has 362 valence electrons. The van der Waals surface area contributed by atoms with Crippen molar-refractivity contribution < 1.29 is 52.8 Å². The summed E-state index contributed by atoms with van der Waals surface area (Å²) in [4.78, 5) is 29.2. The van der Waals surface area contributed by atoms with Crippen LogP contribution in [0, 0.1) is 0 Å². The van der Waals surface area contributed by atoms with Gasteiger partial charge in [-0.25, -0.2) is 37.5 Å². The molecule has 0 bridgehead atoms. The minimum absolute atomic E-state index is 0.165. The Labute approximate surface area is 389 Å². The molecule has 6 heterocycles. The van der Waals surface area contributed by atoms with E-state index >= 15 is 0 Å². The molecule has 68 heavy (non-hydrogen) atoms. The third-order valence-electron chi connectivity index (χ3n) is 11.0. The van der Waals surface area contributed by atoms with Crippen LogP contribution in [0.2, 0.25) is 0 Å². The number of likely N-dealkylation sites (tertiary alicyclic amines) is 1. The summed E-state index contributed by atoms with van der Waals surface area (Å²) in [6, 6.07) is 23.6. The van der Waals surface area contributed by atoms with Crippen molar-refractivity contribution in [2.45, 2.75) is 55.9 Å². The molecule has 2 aliphatic heterocycles. The molecule has 0 atom stereocenters. The van der Waals surface area contributed by atoms with Crippen molar-refractivity contribution in [3.05, 3.63) is 121 Å². The summed E-state index contributed by atoms with van der Waals surface area (Å²) in [6.45, 7) is 1.37. The van der Waals surface area contributed by atoms with E-state index in [0.717, 1.165) is 101 Å². The molecule has 0 aliphatic carbocycles. The molecule has 4 aromatic heterocycles. The number of halogens is 7. The molecular formula is C47H49F7N8O5S. The summed E-state index contributed by atoms with van der Waals surface area (Å²) < 4.78 is 115. The molecule has 21 heteroatoms. The van der Waals surface area contributed by atoms with Crippen LogP contribution in [0.3, 0.4) is 0 Å². The lowest BCUT2D eigenvalue weighted by atomic mass is 9.88. The van der Waals surface area contributed by atoms with Gasteiger partial charge in [0.1, 0.15) is 18.1 Å². The molecule has 0 spiro atoms. The summed E-state index contributed by atoms with van der Waals surface area (Å²) in [6.07, 6.45) is 8.99. The summed E-state index contributed by atoms with van der Waals surface area (Å²) in [5.41, 5.74) is 2.46. The van der Waals surface area contributed by atoms with Gasteiger partial charge in [-0.15, -0.1) is 0 Å². The van der Waals surface area contributed by atoms with Gasteiger partial charge < -0.3 is 14.8 Å². The third kappa shape index (κ3) is 14.2. The number of pyridine rings is 2. The fourth-order valence-corrected chi connectivity index (χ4v) is 8.02. The number of nitrogens with zero attached hydrogens (tertiary/aromatic N) is 7. The molecule has 2 fully saturated rings. The Morgan fingerprint density at radius 1 is 0.662 bits per heavy atom. The van der Waals surface area contributed by atoms with Crippen molar-refractivity contribution in [2.75, 3.05) is 53.6 Å². The van der Waals surface area contributed by atoms with Crippen LogP contribution in [0.5, 0.6) is 11.5 Å². The zero-order valence-corrected chi connectivity index (χ0v) is 37.8. The summed E-state index contributed by atoms with van der Waals surface area (Å²) in [7, 11) is -2.54. The first-order valence-corrected chi connectivity index (χ1v) is 22.8. The zero-order valence-electron chi connectivity index (χ0n) is 37.0. The van der Waals surface area contributed by atoms with E-state index in [2.05, 4.69) is 41.6 Å². The average Bonchev–Trinajstić information content (AvgIpc) is 3.36. The van der Waals surface area contributed by atoms with E-state index in [4.69, 9.17) is 19.4 Å². The number of ether oxygens (including phenoxy) is 2. The first kappa shape index (κ1) is 51.2. The molecule has 2 aliphatic rings. The van der Waals surface area contributed by atoms with Crippen molar-refractivity contribution in [1.29, 1.82) is 0 Å². The summed E-state index contributed by atoms with van der Waals surface area (Å²) in [5, 5.41) is 3.44. The number of hydrogen-bond donors (Lipinski definition) is 1. The molecule has 6 aromatic rings. The van der Waals surface area contributed by atoms with Gasteiger partial charge in [0, 0.05) is 71.3 Å². The van der Waals surface area contributed by atoms with Gasteiger partial charge in [0.15, 0.2) is 11.6 Å². The van der Waals surface area contributed by atoms with Crippen LogP contribution >= 0.6 is 0 Å². The Hall–Kier alpha value is -6.16. The second-order valence-electron chi connectivity index (χ2n) is 15.5. The Bertz CT molecular complexity index is 2620. The lowest BCUT2D eigenvalue weighted by molar-refractivity contribution is -0.0572. The number of rotatable bonds is 13.